The third kappa shape index (κ3) is 7.16. The number of carbonyl (C=O) groups is 1. The first-order chi connectivity index (χ1) is 20.3. The quantitative estimate of drug-likeness (QED) is 0.122. The van der Waals surface area contributed by atoms with E-state index in [4.69, 9.17) is 21.1 Å². The molecule has 5 aromatic rings. The molecule has 5 nitrogen and oxygen atoms in total. The lowest BCUT2D eigenvalue weighted by Gasteiger charge is -2.25. The number of fused-ring (bicyclic) bond motifs is 2. The maximum absolute atomic E-state index is 13.6. The Hall–Kier alpha value is -3.55. The smallest absolute Gasteiger partial charge is 0.311 e. The van der Waals surface area contributed by atoms with E-state index in [0.29, 0.717) is 23.7 Å². The highest BCUT2D eigenvalue weighted by molar-refractivity contribution is 8.00. The minimum Gasteiger partial charge on any atom is -0.487 e. The number of methoxy groups -OCH3 is 1. The van der Waals surface area contributed by atoms with Crippen LogP contribution in [0.3, 0.4) is 0 Å². The third-order valence-electron chi connectivity index (χ3n) is 7.20. The van der Waals surface area contributed by atoms with Gasteiger partial charge in [-0.2, -0.15) is 0 Å². The van der Waals surface area contributed by atoms with Crippen molar-refractivity contribution in [1.82, 2.24) is 9.55 Å². The number of benzene rings is 3. The zero-order valence-corrected chi connectivity index (χ0v) is 26.9. The molecule has 3 aromatic carbocycles. The first-order valence-corrected chi connectivity index (χ1v) is 15.4. The lowest BCUT2D eigenvalue weighted by atomic mass is 9.87. The van der Waals surface area contributed by atoms with E-state index < -0.39 is 5.41 Å². The third-order valence-corrected chi connectivity index (χ3v) is 8.72. The van der Waals surface area contributed by atoms with Crippen LogP contribution in [0.2, 0.25) is 5.02 Å². The number of rotatable bonds is 9. The van der Waals surface area contributed by atoms with Crippen molar-refractivity contribution < 1.29 is 18.7 Å². The monoisotopic (exact) mass is 618 g/mol. The summed E-state index contributed by atoms with van der Waals surface area (Å²) in [5.74, 6) is 0.178. The zero-order valence-electron chi connectivity index (χ0n) is 25.3. The molecule has 0 N–H and O–H groups in total. The fourth-order valence-electron chi connectivity index (χ4n) is 5.14. The molecular weight excluding hydrogens is 583 g/mol. The first kappa shape index (κ1) is 30.9. The van der Waals surface area contributed by atoms with E-state index in [1.54, 1.807) is 17.8 Å². The average molecular weight is 619 g/mol. The Balaban J connectivity index is 1.58. The Morgan fingerprint density at radius 3 is 2.42 bits per heavy atom. The van der Waals surface area contributed by atoms with E-state index in [1.165, 1.54) is 19.2 Å². The largest absolute Gasteiger partial charge is 0.487 e. The fourth-order valence-corrected chi connectivity index (χ4v) is 6.45. The number of pyridine rings is 1. The molecule has 0 radical (unpaired) electrons. The summed E-state index contributed by atoms with van der Waals surface area (Å²) in [4.78, 5) is 18.6. The molecule has 0 aliphatic rings. The highest BCUT2D eigenvalue weighted by atomic mass is 35.5. The van der Waals surface area contributed by atoms with Gasteiger partial charge in [-0.15, -0.1) is 11.8 Å². The molecule has 0 atom stereocenters. The highest BCUT2D eigenvalue weighted by Crippen LogP contribution is 2.44. The van der Waals surface area contributed by atoms with E-state index in [0.717, 1.165) is 43.7 Å². The Morgan fingerprint density at radius 1 is 0.977 bits per heavy atom. The van der Waals surface area contributed by atoms with Gasteiger partial charge in [0.1, 0.15) is 18.2 Å². The van der Waals surface area contributed by atoms with Crippen molar-refractivity contribution in [3.63, 3.8) is 0 Å². The summed E-state index contributed by atoms with van der Waals surface area (Å²) in [6, 6.07) is 22.3. The topological polar surface area (TPSA) is 53.4 Å². The number of thioether (sulfide) groups is 1. The molecule has 0 amide bonds. The molecule has 2 aromatic heterocycles. The predicted molar refractivity (Wildman–Crippen MR) is 174 cm³/mol. The normalized spacial score (nSPS) is 12.2. The van der Waals surface area contributed by atoms with Gasteiger partial charge in [-0.25, -0.2) is 9.37 Å². The van der Waals surface area contributed by atoms with Crippen LogP contribution in [-0.4, -0.2) is 27.4 Å². The molecule has 0 saturated heterocycles. The molecule has 43 heavy (non-hydrogen) atoms. The molecule has 224 valence electrons. The van der Waals surface area contributed by atoms with Crippen molar-refractivity contribution in [2.24, 2.45) is 5.41 Å². The van der Waals surface area contributed by atoms with E-state index in [9.17, 15) is 9.18 Å². The standard InChI is InChI=1S/C35H36ClFN2O3S/c1-34(2,3)43-32-28-18-27(42-21-26-13-9-23-17-25(37)12-15-29(23)38-26)14-16-30(28)39(20-22-7-10-24(36)11-8-22)31(32)19-35(4,5)33(40)41-6/h7-18H,19-21H2,1-6H3. The summed E-state index contributed by atoms with van der Waals surface area (Å²) in [5, 5.41) is 2.49. The van der Waals surface area contributed by atoms with Gasteiger partial charge in [0.2, 0.25) is 0 Å². The lowest BCUT2D eigenvalue weighted by Crippen LogP contribution is -2.29. The number of esters is 1. The Kier molecular flexibility index (Phi) is 8.77. The van der Waals surface area contributed by atoms with Crippen molar-refractivity contribution in [2.75, 3.05) is 7.11 Å². The second kappa shape index (κ2) is 12.2. The average Bonchev–Trinajstić information content (AvgIpc) is 3.21. The molecule has 0 spiro atoms. The van der Waals surface area contributed by atoms with Gasteiger partial charge < -0.3 is 14.0 Å². The summed E-state index contributed by atoms with van der Waals surface area (Å²) in [7, 11) is 1.43. The van der Waals surface area contributed by atoms with Gasteiger partial charge in [-0.3, -0.25) is 4.79 Å². The van der Waals surface area contributed by atoms with Gasteiger partial charge in [0.25, 0.3) is 0 Å². The molecule has 8 heteroatoms. The van der Waals surface area contributed by atoms with Crippen LogP contribution in [0.15, 0.2) is 77.7 Å². The lowest BCUT2D eigenvalue weighted by molar-refractivity contribution is -0.150. The summed E-state index contributed by atoms with van der Waals surface area (Å²) in [5.41, 5.74) is 3.96. The minimum absolute atomic E-state index is 0.0884. The van der Waals surface area contributed by atoms with Crippen LogP contribution in [0.25, 0.3) is 21.8 Å². The molecule has 0 unspecified atom stereocenters. The van der Waals surface area contributed by atoms with E-state index >= 15 is 0 Å². The Morgan fingerprint density at radius 2 is 1.72 bits per heavy atom. The molecular formula is C35H36ClFN2O3S. The van der Waals surface area contributed by atoms with Crippen molar-refractivity contribution in [3.8, 4) is 5.75 Å². The van der Waals surface area contributed by atoms with Crippen LogP contribution in [-0.2, 0) is 29.1 Å². The maximum atomic E-state index is 13.6. The van der Waals surface area contributed by atoms with Gasteiger partial charge in [0.05, 0.1) is 23.7 Å². The Bertz CT molecular complexity index is 1790. The summed E-state index contributed by atoms with van der Waals surface area (Å²) in [6.07, 6.45) is 0.498. The van der Waals surface area contributed by atoms with Gasteiger partial charge >= 0.3 is 5.97 Å². The summed E-state index contributed by atoms with van der Waals surface area (Å²) >= 11 is 7.97. The van der Waals surface area contributed by atoms with Crippen molar-refractivity contribution in [3.05, 3.63) is 101 Å². The van der Waals surface area contributed by atoms with Crippen LogP contribution in [0.1, 0.15) is 51.6 Å². The van der Waals surface area contributed by atoms with Crippen molar-refractivity contribution in [2.45, 2.75) is 63.8 Å². The van der Waals surface area contributed by atoms with E-state index in [1.807, 2.05) is 56.3 Å². The molecule has 2 heterocycles. The second-order valence-corrected chi connectivity index (χ2v) is 14.6. The molecule has 5 rings (SSSR count). The van der Waals surface area contributed by atoms with Gasteiger partial charge in [-0.1, -0.05) is 50.6 Å². The van der Waals surface area contributed by atoms with E-state index in [2.05, 4.69) is 42.5 Å². The van der Waals surface area contributed by atoms with Crippen LogP contribution in [0, 0.1) is 11.2 Å². The highest BCUT2D eigenvalue weighted by Gasteiger charge is 2.33. The van der Waals surface area contributed by atoms with Crippen LogP contribution in [0.5, 0.6) is 5.75 Å². The zero-order chi connectivity index (χ0) is 30.9. The van der Waals surface area contributed by atoms with Gasteiger partial charge in [-0.05, 0) is 74.0 Å². The molecule has 0 aliphatic heterocycles. The first-order valence-electron chi connectivity index (χ1n) is 14.2. The number of carbonyl (C=O) groups excluding carboxylic acids is 1. The number of halogens is 2. The number of hydrogen-bond donors (Lipinski definition) is 0. The minimum atomic E-state index is -0.738. The number of hydrogen-bond acceptors (Lipinski definition) is 5. The SMILES string of the molecule is COC(=O)C(C)(C)Cc1c(SC(C)(C)C)c2cc(OCc3ccc4cc(F)ccc4n3)ccc2n1Cc1ccc(Cl)cc1. The number of nitrogens with zero attached hydrogens (tertiary/aromatic N) is 2. The summed E-state index contributed by atoms with van der Waals surface area (Å²) < 4.78 is 27.2. The van der Waals surface area contributed by atoms with E-state index in [-0.39, 0.29) is 23.1 Å². The summed E-state index contributed by atoms with van der Waals surface area (Å²) in [6.45, 7) is 11.3. The Labute approximate surface area is 261 Å². The fraction of sp³-hybridized carbons (Fsp3) is 0.314. The van der Waals surface area contributed by atoms with Gasteiger partial charge in [0.15, 0.2) is 0 Å². The van der Waals surface area contributed by atoms with Gasteiger partial charge in [0, 0.05) is 49.6 Å². The molecule has 0 saturated carbocycles. The van der Waals surface area contributed by atoms with Crippen LogP contribution < -0.4 is 4.74 Å². The number of aromatic nitrogens is 2. The maximum Gasteiger partial charge on any atom is 0.311 e. The van der Waals surface area contributed by atoms with Crippen LogP contribution in [0.4, 0.5) is 4.39 Å². The second-order valence-electron chi connectivity index (χ2n) is 12.4. The molecule has 0 aliphatic carbocycles. The van der Waals surface area contributed by atoms with Crippen molar-refractivity contribution in [1.29, 1.82) is 0 Å². The van der Waals surface area contributed by atoms with Crippen molar-refractivity contribution >= 4 is 51.1 Å². The predicted octanol–water partition coefficient (Wildman–Crippen LogP) is 9.24. The molecule has 0 bridgehead atoms. The van der Waals surface area contributed by atoms with Crippen LogP contribution >= 0.6 is 23.4 Å². The molecule has 0 fully saturated rings. The number of ether oxygens (including phenoxy) is 2.